The number of aromatic hydroxyl groups is 1. The van der Waals surface area contributed by atoms with Crippen LogP contribution in [0.5, 0.6) is 5.75 Å². The van der Waals surface area contributed by atoms with Crippen LogP contribution in [0.15, 0.2) is 54.7 Å². The number of H-pyrrole nitrogens is 1. The molecule has 4 rings (SSSR count). The molecular weight excluding hydrogens is 296 g/mol. The first-order valence-electron chi connectivity index (χ1n) is 8.86. The Bertz CT molecular complexity index is 801. The van der Waals surface area contributed by atoms with E-state index in [1.54, 1.807) is 6.07 Å². The minimum absolute atomic E-state index is 0.381. The maximum atomic E-state index is 10.1. The number of phenols is 1. The molecular formula is C21H24N2O. The van der Waals surface area contributed by atoms with E-state index in [-0.39, 0.29) is 0 Å². The molecule has 0 spiro atoms. The van der Waals surface area contributed by atoms with Crippen LogP contribution < -0.4 is 0 Å². The van der Waals surface area contributed by atoms with Crippen molar-refractivity contribution >= 4 is 10.9 Å². The van der Waals surface area contributed by atoms with Crippen molar-refractivity contribution in [1.82, 2.24) is 9.88 Å². The normalized spacial score (nSPS) is 16.7. The van der Waals surface area contributed by atoms with Crippen LogP contribution in [0.3, 0.4) is 0 Å². The van der Waals surface area contributed by atoms with Gasteiger partial charge in [0.05, 0.1) is 0 Å². The summed E-state index contributed by atoms with van der Waals surface area (Å²) in [4.78, 5) is 5.82. The van der Waals surface area contributed by atoms with Crippen LogP contribution in [-0.2, 0) is 6.42 Å². The lowest BCUT2D eigenvalue weighted by Crippen LogP contribution is -2.34. The number of nitrogens with one attached hydrogen (secondary N) is 1. The maximum Gasteiger partial charge on any atom is 0.125 e. The zero-order valence-corrected chi connectivity index (χ0v) is 13.9. The van der Waals surface area contributed by atoms with Crippen LogP contribution in [0.2, 0.25) is 0 Å². The van der Waals surface area contributed by atoms with Gasteiger partial charge in [-0.3, -0.25) is 0 Å². The molecule has 1 aliphatic heterocycles. The summed E-state index contributed by atoms with van der Waals surface area (Å²) in [7, 11) is 0. The number of nitrogens with zero attached hydrogens (tertiary/aromatic N) is 1. The van der Waals surface area contributed by atoms with E-state index in [4.69, 9.17) is 0 Å². The zero-order valence-electron chi connectivity index (χ0n) is 13.9. The van der Waals surface area contributed by atoms with E-state index in [1.807, 2.05) is 18.3 Å². The molecule has 0 saturated carbocycles. The molecule has 0 atom stereocenters. The number of fused-ring (bicyclic) bond motifs is 1. The van der Waals surface area contributed by atoms with E-state index in [1.165, 1.54) is 24.0 Å². The lowest BCUT2D eigenvalue weighted by atomic mass is 9.89. The maximum absolute atomic E-state index is 10.1. The largest absolute Gasteiger partial charge is 0.507 e. The second-order valence-corrected chi connectivity index (χ2v) is 6.79. The number of phenolic OH excluding ortho intramolecular Hbond substituents is 1. The third-order valence-corrected chi connectivity index (χ3v) is 5.32. The number of aromatic nitrogens is 1. The van der Waals surface area contributed by atoms with Gasteiger partial charge in [0, 0.05) is 23.6 Å². The minimum atomic E-state index is 0.381. The monoisotopic (exact) mass is 320 g/mol. The molecule has 3 heteroatoms. The van der Waals surface area contributed by atoms with Crippen molar-refractivity contribution in [2.45, 2.75) is 25.2 Å². The molecule has 1 aromatic heterocycles. The van der Waals surface area contributed by atoms with Gasteiger partial charge in [0.1, 0.15) is 5.75 Å². The Kier molecular flexibility index (Phi) is 4.26. The van der Waals surface area contributed by atoms with Crippen molar-refractivity contribution in [3.05, 3.63) is 65.9 Å². The Balaban J connectivity index is 1.36. The van der Waals surface area contributed by atoms with E-state index in [0.717, 1.165) is 37.0 Å². The average molecular weight is 320 g/mol. The lowest BCUT2D eigenvalue weighted by molar-refractivity contribution is 0.215. The van der Waals surface area contributed by atoms with E-state index in [2.05, 4.69) is 40.2 Å². The quantitative estimate of drug-likeness (QED) is 0.752. The molecule has 0 bridgehead atoms. The van der Waals surface area contributed by atoms with Gasteiger partial charge >= 0.3 is 0 Å². The number of piperidine rings is 1. The fraction of sp³-hybridized carbons (Fsp3) is 0.333. The third-order valence-electron chi connectivity index (χ3n) is 5.32. The SMILES string of the molecule is Oc1cccc2[nH]cc(CCN3CCC(c4ccccc4)CC3)c12. The molecule has 124 valence electrons. The lowest BCUT2D eigenvalue weighted by Gasteiger charge is -2.32. The number of aromatic amines is 1. The van der Waals surface area contributed by atoms with Crippen LogP contribution in [-0.4, -0.2) is 34.6 Å². The van der Waals surface area contributed by atoms with Gasteiger partial charge in [-0.2, -0.15) is 0 Å². The summed E-state index contributed by atoms with van der Waals surface area (Å²) in [6.45, 7) is 3.38. The Morgan fingerprint density at radius 1 is 1.00 bits per heavy atom. The molecule has 3 aromatic rings. The number of hydrogen-bond acceptors (Lipinski definition) is 2. The predicted octanol–water partition coefficient (Wildman–Crippen LogP) is 4.30. The summed E-state index contributed by atoms with van der Waals surface area (Å²) in [6, 6.07) is 16.6. The molecule has 2 heterocycles. The number of rotatable bonds is 4. The van der Waals surface area contributed by atoms with Gasteiger partial charge in [-0.1, -0.05) is 36.4 Å². The average Bonchev–Trinajstić information content (AvgIpc) is 3.06. The van der Waals surface area contributed by atoms with Gasteiger partial charge in [0.15, 0.2) is 0 Å². The summed E-state index contributed by atoms with van der Waals surface area (Å²) in [5.74, 6) is 1.09. The van der Waals surface area contributed by atoms with E-state index < -0.39 is 0 Å². The Morgan fingerprint density at radius 2 is 1.79 bits per heavy atom. The third kappa shape index (κ3) is 3.04. The van der Waals surface area contributed by atoms with Crippen LogP contribution in [0.4, 0.5) is 0 Å². The highest BCUT2D eigenvalue weighted by Crippen LogP contribution is 2.30. The summed E-state index contributed by atoms with van der Waals surface area (Å²) >= 11 is 0. The van der Waals surface area contributed by atoms with E-state index >= 15 is 0 Å². The highest BCUT2D eigenvalue weighted by Gasteiger charge is 2.20. The van der Waals surface area contributed by atoms with Gasteiger partial charge in [0.25, 0.3) is 0 Å². The van der Waals surface area contributed by atoms with Crippen molar-refractivity contribution in [2.24, 2.45) is 0 Å². The highest BCUT2D eigenvalue weighted by atomic mass is 16.3. The fourth-order valence-electron chi connectivity index (χ4n) is 3.93. The van der Waals surface area contributed by atoms with E-state index in [9.17, 15) is 5.11 Å². The number of likely N-dealkylation sites (tertiary alicyclic amines) is 1. The van der Waals surface area contributed by atoms with Gasteiger partial charge < -0.3 is 15.0 Å². The molecule has 3 nitrogen and oxygen atoms in total. The molecule has 2 aromatic carbocycles. The second-order valence-electron chi connectivity index (χ2n) is 6.79. The number of hydrogen-bond donors (Lipinski definition) is 2. The molecule has 2 N–H and O–H groups in total. The predicted molar refractivity (Wildman–Crippen MR) is 98.5 cm³/mol. The fourth-order valence-corrected chi connectivity index (χ4v) is 3.93. The molecule has 0 aliphatic carbocycles. The summed E-state index contributed by atoms with van der Waals surface area (Å²) < 4.78 is 0. The number of benzene rings is 2. The first-order valence-corrected chi connectivity index (χ1v) is 8.86. The summed E-state index contributed by atoms with van der Waals surface area (Å²) in [5.41, 5.74) is 3.72. The minimum Gasteiger partial charge on any atom is -0.507 e. The van der Waals surface area contributed by atoms with Gasteiger partial charge in [-0.05, 0) is 61.5 Å². The van der Waals surface area contributed by atoms with Crippen LogP contribution in [0.25, 0.3) is 10.9 Å². The first kappa shape index (κ1) is 15.3. The zero-order chi connectivity index (χ0) is 16.4. The molecule has 1 aliphatic rings. The Hall–Kier alpha value is -2.26. The highest BCUT2D eigenvalue weighted by molar-refractivity contribution is 5.88. The van der Waals surface area contributed by atoms with Crippen molar-refractivity contribution in [3.63, 3.8) is 0 Å². The second kappa shape index (κ2) is 6.70. The molecule has 0 radical (unpaired) electrons. The standard InChI is InChI=1S/C21H24N2O/c24-20-8-4-7-19-21(20)18(15-22-19)11-14-23-12-9-17(10-13-23)16-5-2-1-3-6-16/h1-8,15,17,22,24H,9-14H2. The van der Waals surface area contributed by atoms with E-state index in [0.29, 0.717) is 11.7 Å². The van der Waals surface area contributed by atoms with Gasteiger partial charge in [-0.15, -0.1) is 0 Å². The summed E-state index contributed by atoms with van der Waals surface area (Å²) in [6.07, 6.45) is 5.50. The molecule has 0 unspecified atom stereocenters. The van der Waals surface area contributed by atoms with Gasteiger partial charge in [0.2, 0.25) is 0 Å². The van der Waals surface area contributed by atoms with Crippen LogP contribution in [0, 0.1) is 0 Å². The van der Waals surface area contributed by atoms with Crippen molar-refractivity contribution in [2.75, 3.05) is 19.6 Å². The molecule has 1 saturated heterocycles. The Morgan fingerprint density at radius 3 is 2.58 bits per heavy atom. The van der Waals surface area contributed by atoms with Crippen LogP contribution in [0.1, 0.15) is 29.9 Å². The Labute approximate surface area is 142 Å². The molecule has 0 amide bonds. The summed E-state index contributed by atoms with van der Waals surface area (Å²) in [5, 5.41) is 11.1. The van der Waals surface area contributed by atoms with Crippen molar-refractivity contribution in [3.8, 4) is 5.75 Å². The van der Waals surface area contributed by atoms with Crippen LogP contribution >= 0.6 is 0 Å². The topological polar surface area (TPSA) is 39.3 Å². The van der Waals surface area contributed by atoms with Gasteiger partial charge in [-0.25, -0.2) is 0 Å². The smallest absolute Gasteiger partial charge is 0.125 e. The van der Waals surface area contributed by atoms with Crippen molar-refractivity contribution in [1.29, 1.82) is 0 Å². The van der Waals surface area contributed by atoms with Crippen molar-refractivity contribution < 1.29 is 5.11 Å². The molecule has 1 fully saturated rings. The first-order chi connectivity index (χ1) is 11.8. The molecule has 24 heavy (non-hydrogen) atoms.